The number of carbonyl (C=O) groups excluding carboxylic acids is 1. The Labute approximate surface area is 198 Å². The van der Waals surface area contributed by atoms with Crippen LogP contribution in [0.25, 0.3) is 0 Å². The second-order valence-corrected chi connectivity index (χ2v) is 8.27. The Hall–Kier alpha value is -1.35. The van der Waals surface area contributed by atoms with E-state index in [0.29, 0.717) is 25.7 Å². The molecule has 0 bridgehead atoms. The van der Waals surface area contributed by atoms with E-state index in [0.717, 1.165) is 31.9 Å². The van der Waals surface area contributed by atoms with E-state index in [1.165, 1.54) is 36.9 Å². The summed E-state index contributed by atoms with van der Waals surface area (Å²) in [6, 6.07) is 9.31. The number of nitrogens with one attached hydrogen (secondary N) is 3. The molecule has 3 N–H and O–H groups in total. The first kappa shape index (κ1) is 24.9. The van der Waals surface area contributed by atoms with Gasteiger partial charge in [-0.15, -0.1) is 24.0 Å². The second kappa shape index (κ2) is 13.1. The molecule has 0 aromatic heterocycles. The number of hydrogen-bond acceptors (Lipinski definition) is 3. The third-order valence-corrected chi connectivity index (χ3v) is 5.85. The summed E-state index contributed by atoms with van der Waals surface area (Å²) in [6.07, 6.45) is 6.03. The molecule has 1 aromatic carbocycles. The van der Waals surface area contributed by atoms with Crippen LogP contribution in [0.15, 0.2) is 29.3 Å². The van der Waals surface area contributed by atoms with Crippen molar-refractivity contribution in [2.24, 2.45) is 10.9 Å². The minimum Gasteiger partial charge on any atom is -0.357 e. The predicted octanol–water partition coefficient (Wildman–Crippen LogP) is 3.26. The van der Waals surface area contributed by atoms with Gasteiger partial charge in [-0.05, 0) is 57.2 Å². The number of halogens is 1. The molecule has 6 nitrogen and oxygen atoms in total. The Morgan fingerprint density at radius 2 is 1.80 bits per heavy atom. The number of benzene rings is 1. The Morgan fingerprint density at radius 3 is 2.50 bits per heavy atom. The monoisotopic (exact) mass is 527 g/mol. The highest BCUT2D eigenvalue weighted by Gasteiger charge is 2.29. The van der Waals surface area contributed by atoms with Crippen molar-refractivity contribution < 1.29 is 4.79 Å². The van der Waals surface area contributed by atoms with Gasteiger partial charge in [0.1, 0.15) is 0 Å². The fraction of sp³-hybridized carbons (Fsp3) is 0.652. The quantitative estimate of drug-likeness (QED) is 0.200. The summed E-state index contributed by atoms with van der Waals surface area (Å²) in [6.45, 7) is 9.38. The third-order valence-electron chi connectivity index (χ3n) is 5.85. The summed E-state index contributed by atoms with van der Waals surface area (Å²) in [5.74, 6) is 1.25. The van der Waals surface area contributed by atoms with Gasteiger partial charge in [0.05, 0.1) is 6.54 Å². The Balaban J connectivity index is 0.00000320. The molecule has 1 saturated carbocycles. The van der Waals surface area contributed by atoms with Crippen LogP contribution in [0.3, 0.4) is 0 Å². The number of amides is 1. The van der Waals surface area contributed by atoms with Crippen molar-refractivity contribution in [1.29, 1.82) is 0 Å². The lowest BCUT2D eigenvalue weighted by Crippen LogP contribution is -2.41. The number of piperidine rings is 1. The fourth-order valence-corrected chi connectivity index (χ4v) is 3.84. The maximum Gasteiger partial charge on any atom is 0.223 e. The molecule has 3 rings (SSSR count). The highest BCUT2D eigenvalue weighted by Crippen LogP contribution is 2.28. The van der Waals surface area contributed by atoms with Crippen molar-refractivity contribution in [2.75, 3.05) is 26.2 Å². The van der Waals surface area contributed by atoms with Crippen LogP contribution in [0.1, 0.15) is 57.1 Å². The van der Waals surface area contributed by atoms with Gasteiger partial charge in [-0.2, -0.15) is 0 Å². The molecule has 1 aromatic rings. The number of guanidine groups is 1. The van der Waals surface area contributed by atoms with Crippen molar-refractivity contribution in [3.8, 4) is 0 Å². The number of hydrogen-bond donors (Lipinski definition) is 3. The van der Waals surface area contributed by atoms with Crippen LogP contribution < -0.4 is 16.0 Å². The summed E-state index contributed by atoms with van der Waals surface area (Å²) in [5, 5.41) is 9.61. The largest absolute Gasteiger partial charge is 0.357 e. The summed E-state index contributed by atoms with van der Waals surface area (Å²) in [5.41, 5.74) is 2.65. The van der Waals surface area contributed by atoms with E-state index in [-0.39, 0.29) is 35.8 Å². The minimum absolute atomic E-state index is 0. The molecule has 168 valence electrons. The zero-order valence-electron chi connectivity index (χ0n) is 18.5. The normalized spacial score (nSPS) is 19.7. The third kappa shape index (κ3) is 8.06. The van der Waals surface area contributed by atoms with Gasteiger partial charge < -0.3 is 16.0 Å². The Bertz CT molecular complexity index is 692. The molecule has 0 radical (unpaired) electrons. The van der Waals surface area contributed by atoms with Gasteiger partial charge >= 0.3 is 0 Å². The van der Waals surface area contributed by atoms with Crippen molar-refractivity contribution >= 4 is 35.8 Å². The first-order valence-electron chi connectivity index (χ1n) is 11.3. The fourth-order valence-electron chi connectivity index (χ4n) is 3.84. The maximum absolute atomic E-state index is 11.7. The van der Waals surface area contributed by atoms with Gasteiger partial charge in [0.25, 0.3) is 0 Å². The number of rotatable bonds is 9. The van der Waals surface area contributed by atoms with E-state index >= 15 is 0 Å². The standard InChI is InChI=1S/C23H37N5O.HI/c1-3-24-23(26-14-13-25-22(29)19-11-12-19)27-16-20-9-4-5-10-21(20)17-28-15-7-6-8-18(28)2;/h4-5,9-10,18-19H,3,6-8,11-17H2,1-2H3,(H,25,29)(H2,24,26,27);1H. The molecule has 7 heteroatoms. The Kier molecular flexibility index (Phi) is 10.9. The highest BCUT2D eigenvalue weighted by molar-refractivity contribution is 14.0. The average Bonchev–Trinajstić information content (AvgIpc) is 3.57. The summed E-state index contributed by atoms with van der Waals surface area (Å²) in [4.78, 5) is 19.1. The molecule has 1 aliphatic heterocycles. The molecule has 2 fully saturated rings. The molecule has 1 aliphatic carbocycles. The smallest absolute Gasteiger partial charge is 0.223 e. The molecule has 2 aliphatic rings. The van der Waals surface area contributed by atoms with Crippen LogP contribution in [-0.2, 0) is 17.9 Å². The zero-order chi connectivity index (χ0) is 20.5. The van der Waals surface area contributed by atoms with E-state index in [2.05, 4.69) is 59.0 Å². The van der Waals surface area contributed by atoms with Crippen LogP contribution in [0.2, 0.25) is 0 Å². The van der Waals surface area contributed by atoms with Crippen molar-refractivity contribution in [1.82, 2.24) is 20.9 Å². The lowest BCUT2D eigenvalue weighted by Gasteiger charge is -2.33. The predicted molar refractivity (Wildman–Crippen MR) is 134 cm³/mol. The molecule has 1 heterocycles. The molecule has 1 unspecified atom stereocenters. The van der Waals surface area contributed by atoms with Crippen LogP contribution >= 0.6 is 24.0 Å². The average molecular weight is 527 g/mol. The molecular formula is C23H38IN5O. The minimum atomic E-state index is 0. The van der Waals surface area contributed by atoms with Gasteiger partial charge in [-0.25, -0.2) is 4.99 Å². The SMILES string of the molecule is CCNC(=NCc1ccccc1CN1CCCCC1C)NCCNC(=O)C1CC1.I. The first-order valence-corrected chi connectivity index (χ1v) is 11.3. The molecule has 30 heavy (non-hydrogen) atoms. The second-order valence-electron chi connectivity index (χ2n) is 8.27. The van der Waals surface area contributed by atoms with Crippen molar-refractivity contribution in [2.45, 2.75) is 65.1 Å². The highest BCUT2D eigenvalue weighted by atomic mass is 127. The molecule has 1 atom stereocenters. The number of aliphatic imine (C=N–C) groups is 1. The Morgan fingerprint density at radius 1 is 1.07 bits per heavy atom. The van der Waals surface area contributed by atoms with E-state index in [4.69, 9.17) is 4.99 Å². The van der Waals surface area contributed by atoms with E-state index < -0.39 is 0 Å². The number of carbonyl (C=O) groups is 1. The van der Waals surface area contributed by atoms with Crippen molar-refractivity contribution in [3.05, 3.63) is 35.4 Å². The number of likely N-dealkylation sites (tertiary alicyclic amines) is 1. The maximum atomic E-state index is 11.7. The summed E-state index contributed by atoms with van der Waals surface area (Å²) >= 11 is 0. The van der Waals surface area contributed by atoms with Crippen LogP contribution in [0, 0.1) is 5.92 Å². The number of nitrogens with zero attached hydrogens (tertiary/aromatic N) is 2. The van der Waals surface area contributed by atoms with Gasteiger partial charge in [0.15, 0.2) is 5.96 Å². The lowest BCUT2D eigenvalue weighted by atomic mass is 10.0. The van der Waals surface area contributed by atoms with Gasteiger partial charge in [0, 0.05) is 38.1 Å². The van der Waals surface area contributed by atoms with Gasteiger partial charge in [-0.1, -0.05) is 30.7 Å². The van der Waals surface area contributed by atoms with E-state index in [1.807, 2.05) is 0 Å². The molecule has 1 amide bonds. The van der Waals surface area contributed by atoms with Crippen LogP contribution in [-0.4, -0.2) is 49.0 Å². The lowest BCUT2D eigenvalue weighted by molar-refractivity contribution is -0.122. The zero-order valence-corrected chi connectivity index (χ0v) is 20.8. The van der Waals surface area contributed by atoms with Gasteiger partial charge in [-0.3, -0.25) is 9.69 Å². The summed E-state index contributed by atoms with van der Waals surface area (Å²) < 4.78 is 0. The topological polar surface area (TPSA) is 68.8 Å². The van der Waals surface area contributed by atoms with Crippen LogP contribution in [0.5, 0.6) is 0 Å². The summed E-state index contributed by atoms with van der Waals surface area (Å²) in [7, 11) is 0. The van der Waals surface area contributed by atoms with E-state index in [9.17, 15) is 4.79 Å². The van der Waals surface area contributed by atoms with Gasteiger partial charge in [0.2, 0.25) is 5.91 Å². The molecule has 0 spiro atoms. The van der Waals surface area contributed by atoms with E-state index in [1.54, 1.807) is 0 Å². The molecule has 1 saturated heterocycles. The van der Waals surface area contributed by atoms with Crippen LogP contribution in [0.4, 0.5) is 0 Å². The molecular weight excluding hydrogens is 489 g/mol. The van der Waals surface area contributed by atoms with Crippen molar-refractivity contribution in [3.63, 3.8) is 0 Å². The first-order chi connectivity index (χ1) is 14.2.